The van der Waals surface area contributed by atoms with Crippen molar-refractivity contribution in [2.24, 2.45) is 0 Å². The molecule has 0 aliphatic heterocycles. The average Bonchev–Trinajstić information content (AvgIpc) is 3.19. The second-order valence-corrected chi connectivity index (χ2v) is 4.35. The van der Waals surface area contributed by atoms with Crippen molar-refractivity contribution in [3.8, 4) is 11.4 Å². The minimum atomic E-state index is -0.211. The number of nitrogens with one attached hydrogen (secondary N) is 2. The lowest BCUT2D eigenvalue weighted by molar-refractivity contribution is -0.111. The number of aromatic nitrogens is 2. The SMILES string of the molecule is O=C(C=Cc1ccco1)Nc1ccc(-c2ncc[nH]2)cc1. The molecule has 0 fully saturated rings. The van der Waals surface area contributed by atoms with E-state index in [-0.39, 0.29) is 5.91 Å². The summed E-state index contributed by atoms with van der Waals surface area (Å²) in [7, 11) is 0. The molecule has 0 unspecified atom stereocenters. The third-order valence-electron chi connectivity index (χ3n) is 2.87. The van der Waals surface area contributed by atoms with Crippen LogP contribution in [0.3, 0.4) is 0 Å². The van der Waals surface area contributed by atoms with E-state index < -0.39 is 0 Å². The summed E-state index contributed by atoms with van der Waals surface area (Å²) in [5.41, 5.74) is 1.68. The number of imidazole rings is 1. The Balaban J connectivity index is 1.64. The monoisotopic (exact) mass is 279 g/mol. The number of hydrogen-bond acceptors (Lipinski definition) is 3. The second-order valence-electron chi connectivity index (χ2n) is 4.35. The first-order chi connectivity index (χ1) is 10.3. The molecule has 3 rings (SSSR count). The zero-order valence-corrected chi connectivity index (χ0v) is 11.1. The van der Waals surface area contributed by atoms with E-state index in [2.05, 4.69) is 15.3 Å². The summed E-state index contributed by atoms with van der Waals surface area (Å²) in [6.45, 7) is 0. The molecule has 3 aromatic rings. The molecule has 5 heteroatoms. The summed E-state index contributed by atoms with van der Waals surface area (Å²) in [6, 6.07) is 11.0. The number of hydrogen-bond donors (Lipinski definition) is 2. The van der Waals surface area contributed by atoms with E-state index in [9.17, 15) is 4.79 Å². The van der Waals surface area contributed by atoms with Gasteiger partial charge in [-0.3, -0.25) is 4.79 Å². The summed E-state index contributed by atoms with van der Waals surface area (Å²) in [4.78, 5) is 19.0. The van der Waals surface area contributed by atoms with E-state index in [1.54, 1.807) is 36.9 Å². The Bertz CT molecular complexity index is 726. The molecule has 1 amide bonds. The van der Waals surface area contributed by atoms with Gasteiger partial charge in [-0.25, -0.2) is 4.98 Å². The number of carbonyl (C=O) groups excluding carboxylic acids is 1. The molecule has 0 radical (unpaired) electrons. The fourth-order valence-electron chi connectivity index (χ4n) is 1.86. The van der Waals surface area contributed by atoms with Crippen LogP contribution in [0.1, 0.15) is 5.76 Å². The van der Waals surface area contributed by atoms with Gasteiger partial charge >= 0.3 is 0 Å². The predicted molar refractivity (Wildman–Crippen MR) is 80.4 cm³/mol. The molecule has 0 bridgehead atoms. The number of aromatic amines is 1. The van der Waals surface area contributed by atoms with E-state index in [4.69, 9.17) is 4.42 Å². The topological polar surface area (TPSA) is 70.9 Å². The third kappa shape index (κ3) is 3.27. The maximum atomic E-state index is 11.8. The van der Waals surface area contributed by atoms with Crippen LogP contribution in [0.5, 0.6) is 0 Å². The van der Waals surface area contributed by atoms with E-state index in [1.165, 1.54) is 6.08 Å². The summed E-state index contributed by atoms with van der Waals surface area (Å²) in [5.74, 6) is 1.22. The maximum absolute atomic E-state index is 11.8. The van der Waals surface area contributed by atoms with Gasteiger partial charge in [0.2, 0.25) is 5.91 Å². The minimum absolute atomic E-state index is 0.211. The second kappa shape index (κ2) is 5.92. The molecule has 0 atom stereocenters. The van der Waals surface area contributed by atoms with Crippen LogP contribution < -0.4 is 5.32 Å². The molecular formula is C16H13N3O2. The Hall–Kier alpha value is -3.08. The van der Waals surface area contributed by atoms with Crippen LogP contribution in [0.2, 0.25) is 0 Å². The molecular weight excluding hydrogens is 266 g/mol. The predicted octanol–water partition coefficient (Wildman–Crippen LogP) is 3.32. The fourth-order valence-corrected chi connectivity index (χ4v) is 1.86. The van der Waals surface area contributed by atoms with Crippen LogP contribution in [0.25, 0.3) is 17.5 Å². The fraction of sp³-hybridized carbons (Fsp3) is 0. The van der Waals surface area contributed by atoms with Crippen molar-refractivity contribution in [3.05, 3.63) is 66.9 Å². The molecule has 2 heterocycles. The van der Waals surface area contributed by atoms with Crippen molar-refractivity contribution < 1.29 is 9.21 Å². The van der Waals surface area contributed by atoms with Gasteiger partial charge in [0.15, 0.2) is 0 Å². The Labute approximate surface area is 121 Å². The summed E-state index contributed by atoms with van der Waals surface area (Å²) < 4.78 is 5.11. The summed E-state index contributed by atoms with van der Waals surface area (Å²) in [5, 5.41) is 2.78. The van der Waals surface area contributed by atoms with Crippen molar-refractivity contribution in [2.75, 3.05) is 5.32 Å². The molecule has 5 nitrogen and oxygen atoms in total. The molecule has 21 heavy (non-hydrogen) atoms. The Morgan fingerprint density at radius 1 is 1.24 bits per heavy atom. The number of H-pyrrole nitrogens is 1. The number of amides is 1. The first-order valence-electron chi connectivity index (χ1n) is 6.44. The van der Waals surface area contributed by atoms with Crippen molar-refractivity contribution in [1.29, 1.82) is 0 Å². The highest BCUT2D eigenvalue weighted by atomic mass is 16.3. The van der Waals surface area contributed by atoms with Crippen LogP contribution >= 0.6 is 0 Å². The molecule has 2 N–H and O–H groups in total. The van der Waals surface area contributed by atoms with Crippen LogP contribution in [0.15, 0.2) is 65.5 Å². The maximum Gasteiger partial charge on any atom is 0.248 e. The van der Waals surface area contributed by atoms with Crippen molar-refractivity contribution in [2.45, 2.75) is 0 Å². The van der Waals surface area contributed by atoms with Gasteiger partial charge in [-0.05, 0) is 42.5 Å². The smallest absolute Gasteiger partial charge is 0.248 e. The standard InChI is InChI=1S/C16H13N3O2/c20-15(8-7-14-2-1-11-21-14)19-13-5-3-12(4-6-13)16-17-9-10-18-16/h1-11H,(H,17,18)(H,19,20). The first kappa shape index (κ1) is 12.9. The van der Waals surface area contributed by atoms with E-state index in [0.29, 0.717) is 5.76 Å². The average molecular weight is 279 g/mol. The Morgan fingerprint density at radius 2 is 2.10 bits per heavy atom. The van der Waals surface area contributed by atoms with E-state index in [0.717, 1.165) is 17.1 Å². The highest BCUT2D eigenvalue weighted by Gasteiger charge is 2.01. The first-order valence-corrected chi connectivity index (χ1v) is 6.44. The van der Waals surface area contributed by atoms with E-state index in [1.807, 2.05) is 24.3 Å². The summed E-state index contributed by atoms with van der Waals surface area (Å²) >= 11 is 0. The lowest BCUT2D eigenvalue weighted by atomic mass is 10.2. The van der Waals surface area contributed by atoms with Crippen molar-refractivity contribution in [3.63, 3.8) is 0 Å². The normalized spacial score (nSPS) is 10.9. The van der Waals surface area contributed by atoms with Crippen molar-refractivity contribution in [1.82, 2.24) is 9.97 Å². The van der Waals surface area contributed by atoms with Crippen LogP contribution in [-0.4, -0.2) is 15.9 Å². The molecule has 0 saturated carbocycles. The number of carbonyl (C=O) groups is 1. The molecule has 0 saturated heterocycles. The van der Waals surface area contributed by atoms with Gasteiger partial charge in [0.05, 0.1) is 6.26 Å². The number of benzene rings is 1. The van der Waals surface area contributed by atoms with Gasteiger partial charge in [0.25, 0.3) is 0 Å². The molecule has 1 aromatic carbocycles. The highest BCUT2D eigenvalue weighted by Crippen LogP contribution is 2.17. The molecule has 0 spiro atoms. The highest BCUT2D eigenvalue weighted by molar-refractivity contribution is 6.01. The lowest BCUT2D eigenvalue weighted by Crippen LogP contribution is -2.07. The van der Waals surface area contributed by atoms with Gasteiger partial charge < -0.3 is 14.7 Å². The number of anilines is 1. The quantitative estimate of drug-likeness (QED) is 0.720. The molecule has 104 valence electrons. The lowest BCUT2D eigenvalue weighted by Gasteiger charge is -2.03. The van der Waals surface area contributed by atoms with Gasteiger partial charge in [-0.1, -0.05) is 0 Å². The Morgan fingerprint density at radius 3 is 2.76 bits per heavy atom. The van der Waals surface area contributed by atoms with Gasteiger partial charge in [-0.15, -0.1) is 0 Å². The Kier molecular flexibility index (Phi) is 3.64. The number of nitrogens with zero attached hydrogens (tertiary/aromatic N) is 1. The molecule has 0 aliphatic rings. The van der Waals surface area contributed by atoms with Crippen molar-refractivity contribution >= 4 is 17.7 Å². The number of furan rings is 1. The minimum Gasteiger partial charge on any atom is -0.465 e. The van der Waals surface area contributed by atoms with Crippen LogP contribution in [0, 0.1) is 0 Å². The van der Waals surface area contributed by atoms with Crippen LogP contribution in [-0.2, 0) is 4.79 Å². The van der Waals surface area contributed by atoms with E-state index >= 15 is 0 Å². The number of rotatable bonds is 4. The van der Waals surface area contributed by atoms with Gasteiger partial charge in [0, 0.05) is 29.7 Å². The zero-order chi connectivity index (χ0) is 14.5. The largest absolute Gasteiger partial charge is 0.465 e. The third-order valence-corrected chi connectivity index (χ3v) is 2.87. The zero-order valence-electron chi connectivity index (χ0n) is 11.1. The molecule has 2 aromatic heterocycles. The van der Waals surface area contributed by atoms with Gasteiger partial charge in [-0.2, -0.15) is 0 Å². The molecule has 0 aliphatic carbocycles. The summed E-state index contributed by atoms with van der Waals surface area (Å²) in [6.07, 6.45) is 8.08. The van der Waals surface area contributed by atoms with Gasteiger partial charge in [0.1, 0.15) is 11.6 Å². The van der Waals surface area contributed by atoms with Crippen LogP contribution in [0.4, 0.5) is 5.69 Å².